The van der Waals surface area contributed by atoms with Crippen molar-refractivity contribution in [2.24, 2.45) is 0 Å². The molecular weight excluding hydrogens is 310 g/mol. The van der Waals surface area contributed by atoms with Crippen LogP contribution in [0, 0.1) is 18.6 Å². The molecule has 7 heteroatoms. The van der Waals surface area contributed by atoms with Gasteiger partial charge < -0.3 is 10.0 Å². The van der Waals surface area contributed by atoms with Crippen LogP contribution in [0.15, 0.2) is 18.2 Å². The van der Waals surface area contributed by atoms with Crippen LogP contribution in [0.3, 0.4) is 0 Å². The number of thiazole rings is 1. The summed E-state index contributed by atoms with van der Waals surface area (Å²) in [7, 11) is 0. The van der Waals surface area contributed by atoms with Crippen LogP contribution in [-0.4, -0.2) is 40.1 Å². The van der Waals surface area contributed by atoms with E-state index in [2.05, 4.69) is 4.98 Å². The summed E-state index contributed by atoms with van der Waals surface area (Å²) in [6.45, 7) is 2.54. The van der Waals surface area contributed by atoms with Gasteiger partial charge in [-0.3, -0.25) is 4.79 Å². The SMILES string of the molecule is Cc1nc(-c2ccc(F)c(F)c2)sc1C(=O)N1CC[C@@H](O)C1. The average Bonchev–Trinajstić information content (AvgIpc) is 3.07. The first-order valence-electron chi connectivity index (χ1n) is 6.86. The number of aliphatic hydroxyl groups is 1. The van der Waals surface area contributed by atoms with Crippen molar-refractivity contribution in [1.82, 2.24) is 9.88 Å². The Hall–Kier alpha value is -1.86. The highest BCUT2D eigenvalue weighted by Gasteiger charge is 2.28. The van der Waals surface area contributed by atoms with Gasteiger partial charge in [-0.15, -0.1) is 11.3 Å². The summed E-state index contributed by atoms with van der Waals surface area (Å²) < 4.78 is 26.3. The van der Waals surface area contributed by atoms with E-state index in [9.17, 15) is 18.7 Å². The third kappa shape index (κ3) is 2.74. The summed E-state index contributed by atoms with van der Waals surface area (Å²) >= 11 is 1.15. The monoisotopic (exact) mass is 324 g/mol. The number of likely N-dealkylation sites (tertiary alicyclic amines) is 1. The van der Waals surface area contributed by atoms with E-state index in [1.165, 1.54) is 6.07 Å². The molecule has 1 fully saturated rings. The van der Waals surface area contributed by atoms with Crippen molar-refractivity contribution in [3.63, 3.8) is 0 Å². The van der Waals surface area contributed by atoms with Gasteiger partial charge in [-0.25, -0.2) is 13.8 Å². The van der Waals surface area contributed by atoms with E-state index in [1.807, 2.05) is 0 Å². The molecule has 1 aliphatic heterocycles. The van der Waals surface area contributed by atoms with Gasteiger partial charge in [-0.1, -0.05) is 0 Å². The smallest absolute Gasteiger partial charge is 0.265 e. The second kappa shape index (κ2) is 5.73. The third-order valence-corrected chi connectivity index (χ3v) is 4.80. The maximum absolute atomic E-state index is 13.3. The molecule has 1 amide bonds. The molecule has 22 heavy (non-hydrogen) atoms. The van der Waals surface area contributed by atoms with Gasteiger partial charge in [0.2, 0.25) is 0 Å². The summed E-state index contributed by atoms with van der Waals surface area (Å²) in [5, 5.41) is 9.99. The van der Waals surface area contributed by atoms with E-state index in [-0.39, 0.29) is 5.91 Å². The summed E-state index contributed by atoms with van der Waals surface area (Å²) in [5.41, 5.74) is 0.989. The standard InChI is InChI=1S/C15H14F2N2O2S/c1-8-13(15(21)19-5-4-10(20)7-19)22-14(18-8)9-2-3-11(16)12(17)6-9/h2-3,6,10,20H,4-5,7H2,1H3/t10-/m1/s1. The number of halogens is 2. The van der Waals surface area contributed by atoms with Crippen LogP contribution in [0.5, 0.6) is 0 Å². The largest absolute Gasteiger partial charge is 0.391 e. The maximum atomic E-state index is 13.3. The molecule has 3 rings (SSSR count). The van der Waals surface area contributed by atoms with Crippen LogP contribution >= 0.6 is 11.3 Å². The van der Waals surface area contributed by atoms with Gasteiger partial charge in [0, 0.05) is 18.7 Å². The molecule has 1 atom stereocenters. The van der Waals surface area contributed by atoms with Crippen LogP contribution in [-0.2, 0) is 0 Å². The minimum Gasteiger partial charge on any atom is -0.391 e. The molecule has 1 saturated heterocycles. The first-order chi connectivity index (χ1) is 10.5. The topological polar surface area (TPSA) is 53.4 Å². The Bertz CT molecular complexity index is 732. The van der Waals surface area contributed by atoms with Crippen LogP contribution < -0.4 is 0 Å². The molecule has 4 nitrogen and oxygen atoms in total. The third-order valence-electron chi connectivity index (χ3n) is 3.61. The molecular formula is C15H14F2N2O2S. The highest BCUT2D eigenvalue weighted by molar-refractivity contribution is 7.17. The fraction of sp³-hybridized carbons (Fsp3) is 0.333. The summed E-state index contributed by atoms with van der Waals surface area (Å²) in [6.07, 6.45) is 0.0856. The zero-order valence-corrected chi connectivity index (χ0v) is 12.7. The second-order valence-electron chi connectivity index (χ2n) is 5.26. The van der Waals surface area contributed by atoms with Gasteiger partial charge in [0.25, 0.3) is 5.91 Å². The maximum Gasteiger partial charge on any atom is 0.265 e. The Morgan fingerprint density at radius 1 is 1.41 bits per heavy atom. The Balaban J connectivity index is 1.90. The van der Waals surface area contributed by atoms with Crippen LogP contribution in [0.4, 0.5) is 8.78 Å². The lowest BCUT2D eigenvalue weighted by molar-refractivity contribution is 0.0768. The van der Waals surface area contributed by atoms with Crippen LogP contribution in [0.2, 0.25) is 0 Å². The molecule has 1 aromatic carbocycles. The Labute approximate surface area is 130 Å². The number of carbonyl (C=O) groups is 1. The highest BCUT2D eigenvalue weighted by Crippen LogP contribution is 2.30. The van der Waals surface area contributed by atoms with E-state index >= 15 is 0 Å². The Morgan fingerprint density at radius 2 is 2.18 bits per heavy atom. The predicted molar refractivity (Wildman–Crippen MR) is 78.7 cm³/mol. The first-order valence-corrected chi connectivity index (χ1v) is 7.67. The summed E-state index contributed by atoms with van der Waals surface area (Å²) in [5.74, 6) is -2.04. The number of aryl methyl sites for hydroxylation is 1. The fourth-order valence-electron chi connectivity index (χ4n) is 2.42. The van der Waals surface area contributed by atoms with E-state index in [1.54, 1.807) is 11.8 Å². The number of hydrogen-bond donors (Lipinski definition) is 1. The minimum atomic E-state index is -0.944. The minimum absolute atomic E-state index is 0.180. The molecule has 1 aliphatic rings. The van der Waals surface area contributed by atoms with Gasteiger partial charge >= 0.3 is 0 Å². The van der Waals surface area contributed by atoms with E-state index in [0.29, 0.717) is 40.7 Å². The number of carbonyl (C=O) groups excluding carboxylic acids is 1. The number of nitrogens with zero attached hydrogens (tertiary/aromatic N) is 2. The van der Waals surface area contributed by atoms with Gasteiger partial charge in [0.1, 0.15) is 9.88 Å². The lowest BCUT2D eigenvalue weighted by Crippen LogP contribution is -2.29. The predicted octanol–water partition coefficient (Wildman–Crippen LogP) is 2.60. The van der Waals surface area contributed by atoms with Crippen molar-refractivity contribution in [2.75, 3.05) is 13.1 Å². The van der Waals surface area contributed by atoms with Crippen molar-refractivity contribution in [3.05, 3.63) is 40.4 Å². The van der Waals surface area contributed by atoms with E-state index in [4.69, 9.17) is 0 Å². The van der Waals surface area contributed by atoms with Gasteiger partial charge in [-0.05, 0) is 31.5 Å². The van der Waals surface area contributed by atoms with Crippen molar-refractivity contribution >= 4 is 17.2 Å². The van der Waals surface area contributed by atoms with E-state index < -0.39 is 17.7 Å². The highest BCUT2D eigenvalue weighted by atomic mass is 32.1. The molecule has 0 spiro atoms. The second-order valence-corrected chi connectivity index (χ2v) is 6.26. The molecule has 0 radical (unpaired) electrons. The Kier molecular flexibility index (Phi) is 3.92. The first kappa shape index (κ1) is 15.1. The molecule has 1 aromatic heterocycles. The number of amides is 1. The number of aliphatic hydroxyl groups excluding tert-OH is 1. The number of benzene rings is 1. The van der Waals surface area contributed by atoms with Crippen molar-refractivity contribution < 1.29 is 18.7 Å². The van der Waals surface area contributed by atoms with Gasteiger partial charge in [-0.2, -0.15) is 0 Å². The van der Waals surface area contributed by atoms with Crippen LogP contribution in [0.25, 0.3) is 10.6 Å². The summed E-state index contributed by atoms with van der Waals surface area (Å²) in [6, 6.07) is 3.55. The number of hydrogen-bond acceptors (Lipinski definition) is 4. The molecule has 2 aromatic rings. The van der Waals surface area contributed by atoms with Crippen molar-refractivity contribution in [3.8, 4) is 10.6 Å². The quantitative estimate of drug-likeness (QED) is 0.924. The molecule has 116 valence electrons. The van der Waals surface area contributed by atoms with Crippen molar-refractivity contribution in [2.45, 2.75) is 19.4 Å². The zero-order chi connectivity index (χ0) is 15.9. The molecule has 0 unspecified atom stereocenters. The zero-order valence-electron chi connectivity index (χ0n) is 11.8. The lowest BCUT2D eigenvalue weighted by Gasteiger charge is -2.14. The molecule has 0 bridgehead atoms. The molecule has 0 saturated carbocycles. The normalized spacial score (nSPS) is 18.0. The van der Waals surface area contributed by atoms with E-state index in [0.717, 1.165) is 23.5 Å². The molecule has 1 N–H and O–H groups in total. The number of aromatic nitrogens is 1. The lowest BCUT2D eigenvalue weighted by atomic mass is 10.2. The molecule has 2 heterocycles. The fourth-order valence-corrected chi connectivity index (χ4v) is 3.45. The van der Waals surface area contributed by atoms with Gasteiger partial charge in [0.05, 0.1) is 11.8 Å². The average molecular weight is 324 g/mol. The van der Waals surface area contributed by atoms with Crippen molar-refractivity contribution in [1.29, 1.82) is 0 Å². The van der Waals surface area contributed by atoms with Gasteiger partial charge in [0.15, 0.2) is 11.6 Å². The Morgan fingerprint density at radius 3 is 2.82 bits per heavy atom. The van der Waals surface area contributed by atoms with Crippen LogP contribution in [0.1, 0.15) is 21.8 Å². The number of β-amino-alcohol motifs (C(OH)–C–C–N with tert-alkyl or cyclic N) is 1. The number of rotatable bonds is 2. The summed E-state index contributed by atoms with van der Waals surface area (Å²) in [4.78, 5) is 18.8. The molecule has 0 aliphatic carbocycles.